The number of nitrogens with zero attached hydrogens (tertiary/aromatic N) is 2. The van der Waals surface area contributed by atoms with Crippen LogP contribution in [-0.2, 0) is 0 Å². The van der Waals surface area contributed by atoms with Crippen LogP contribution in [0.25, 0.3) is 10.8 Å². The maximum atomic E-state index is 5.97. The van der Waals surface area contributed by atoms with Crippen molar-refractivity contribution in [1.82, 2.24) is 4.98 Å². The Hall–Kier alpha value is -1.81. The van der Waals surface area contributed by atoms with Crippen LogP contribution in [0, 0.1) is 0 Å². The van der Waals surface area contributed by atoms with E-state index in [4.69, 9.17) is 10.5 Å². The van der Waals surface area contributed by atoms with Crippen LogP contribution in [0.1, 0.15) is 12.8 Å². The minimum atomic E-state index is 0.334. The van der Waals surface area contributed by atoms with E-state index in [-0.39, 0.29) is 0 Å². The summed E-state index contributed by atoms with van der Waals surface area (Å²) in [6, 6.07) is 8.45. The molecule has 1 aliphatic rings. The molecule has 0 atom stereocenters. The van der Waals surface area contributed by atoms with Crippen LogP contribution >= 0.6 is 0 Å². The molecular formula is C15H19N3O. The fourth-order valence-electron chi connectivity index (χ4n) is 2.70. The molecule has 0 aliphatic carbocycles. The first-order valence-corrected chi connectivity index (χ1v) is 6.72. The normalized spacial score (nSPS) is 16.8. The summed E-state index contributed by atoms with van der Waals surface area (Å²) >= 11 is 0. The first kappa shape index (κ1) is 12.2. The SMILES string of the molecule is COc1cccc2c(N3CCC(N)CC3)nccc12. The van der Waals surface area contributed by atoms with Crippen molar-refractivity contribution in [2.75, 3.05) is 25.1 Å². The van der Waals surface area contributed by atoms with Crippen molar-refractivity contribution in [3.8, 4) is 5.75 Å². The molecule has 1 saturated heterocycles. The fourth-order valence-corrected chi connectivity index (χ4v) is 2.70. The summed E-state index contributed by atoms with van der Waals surface area (Å²) in [6.45, 7) is 1.95. The second-order valence-corrected chi connectivity index (χ2v) is 5.01. The average Bonchev–Trinajstić information content (AvgIpc) is 2.47. The highest BCUT2D eigenvalue weighted by Crippen LogP contribution is 2.31. The number of aromatic nitrogens is 1. The number of methoxy groups -OCH3 is 1. The molecule has 0 amide bonds. The van der Waals surface area contributed by atoms with Gasteiger partial charge in [0.2, 0.25) is 0 Å². The summed E-state index contributed by atoms with van der Waals surface area (Å²) < 4.78 is 5.42. The lowest BCUT2D eigenvalue weighted by atomic mass is 10.0. The molecule has 0 spiro atoms. The molecule has 4 heteroatoms. The molecule has 1 aliphatic heterocycles. The summed E-state index contributed by atoms with van der Waals surface area (Å²) in [5, 5.41) is 2.27. The molecule has 19 heavy (non-hydrogen) atoms. The molecule has 2 aromatic rings. The summed E-state index contributed by atoms with van der Waals surface area (Å²) in [7, 11) is 1.70. The molecule has 1 aromatic carbocycles. The number of piperidine rings is 1. The lowest BCUT2D eigenvalue weighted by Crippen LogP contribution is -2.40. The van der Waals surface area contributed by atoms with Crippen molar-refractivity contribution < 1.29 is 4.74 Å². The average molecular weight is 257 g/mol. The molecule has 4 nitrogen and oxygen atoms in total. The van der Waals surface area contributed by atoms with Gasteiger partial charge in [-0.2, -0.15) is 0 Å². The van der Waals surface area contributed by atoms with Crippen molar-refractivity contribution in [2.45, 2.75) is 18.9 Å². The first-order chi connectivity index (χ1) is 9.29. The van der Waals surface area contributed by atoms with Crippen molar-refractivity contribution in [2.24, 2.45) is 5.73 Å². The Morgan fingerprint density at radius 3 is 2.74 bits per heavy atom. The Balaban J connectivity index is 2.04. The van der Waals surface area contributed by atoms with Crippen molar-refractivity contribution >= 4 is 16.6 Å². The molecule has 2 N–H and O–H groups in total. The van der Waals surface area contributed by atoms with Gasteiger partial charge in [0.15, 0.2) is 0 Å². The van der Waals surface area contributed by atoms with E-state index in [0.717, 1.165) is 48.3 Å². The van der Waals surface area contributed by atoms with Gasteiger partial charge >= 0.3 is 0 Å². The van der Waals surface area contributed by atoms with Crippen molar-refractivity contribution in [3.63, 3.8) is 0 Å². The molecule has 0 radical (unpaired) electrons. The van der Waals surface area contributed by atoms with E-state index in [1.807, 2.05) is 24.4 Å². The summed E-state index contributed by atoms with van der Waals surface area (Å²) in [6.07, 6.45) is 3.92. The smallest absolute Gasteiger partial charge is 0.136 e. The number of nitrogens with two attached hydrogens (primary N) is 1. The fraction of sp³-hybridized carbons (Fsp3) is 0.400. The van der Waals surface area contributed by atoms with Gasteiger partial charge in [-0.15, -0.1) is 0 Å². The third-order valence-electron chi connectivity index (χ3n) is 3.80. The standard InChI is InChI=1S/C15H19N3O/c1-19-14-4-2-3-13-12(14)5-8-17-15(13)18-9-6-11(16)7-10-18/h2-5,8,11H,6-7,9-10,16H2,1H3. The second kappa shape index (κ2) is 5.05. The molecule has 0 saturated carbocycles. The van der Waals surface area contributed by atoms with Gasteiger partial charge in [0.05, 0.1) is 7.11 Å². The zero-order chi connectivity index (χ0) is 13.2. The van der Waals surface area contributed by atoms with Crippen molar-refractivity contribution in [1.29, 1.82) is 0 Å². The number of hydrogen-bond acceptors (Lipinski definition) is 4. The van der Waals surface area contributed by atoms with E-state index in [9.17, 15) is 0 Å². The molecule has 3 rings (SSSR count). The molecule has 2 heterocycles. The lowest BCUT2D eigenvalue weighted by molar-refractivity contribution is 0.420. The number of pyridine rings is 1. The van der Waals surface area contributed by atoms with E-state index in [1.165, 1.54) is 0 Å². The van der Waals surface area contributed by atoms with Crippen LogP contribution in [0.5, 0.6) is 5.75 Å². The molecule has 1 fully saturated rings. The van der Waals surface area contributed by atoms with Crippen molar-refractivity contribution in [3.05, 3.63) is 30.5 Å². The van der Waals surface area contributed by atoms with E-state index in [2.05, 4.69) is 16.0 Å². The zero-order valence-electron chi connectivity index (χ0n) is 11.2. The lowest BCUT2D eigenvalue weighted by Gasteiger charge is -2.31. The van der Waals surface area contributed by atoms with Crippen LogP contribution in [0.2, 0.25) is 0 Å². The molecule has 0 unspecified atom stereocenters. The van der Waals surface area contributed by atoms with Gasteiger partial charge < -0.3 is 15.4 Å². The van der Waals surface area contributed by atoms with E-state index >= 15 is 0 Å². The highest BCUT2D eigenvalue weighted by molar-refractivity contribution is 5.96. The maximum absolute atomic E-state index is 5.97. The third-order valence-corrected chi connectivity index (χ3v) is 3.80. The first-order valence-electron chi connectivity index (χ1n) is 6.72. The number of benzene rings is 1. The Morgan fingerprint density at radius 1 is 1.21 bits per heavy atom. The van der Waals surface area contributed by atoms with Crippen LogP contribution in [0.3, 0.4) is 0 Å². The molecule has 100 valence electrons. The number of rotatable bonds is 2. The topological polar surface area (TPSA) is 51.4 Å². The Bertz CT molecular complexity index is 577. The zero-order valence-corrected chi connectivity index (χ0v) is 11.2. The summed E-state index contributed by atoms with van der Waals surface area (Å²) in [4.78, 5) is 6.89. The number of anilines is 1. The van der Waals surface area contributed by atoms with Gasteiger partial charge in [-0.3, -0.25) is 0 Å². The summed E-state index contributed by atoms with van der Waals surface area (Å²) in [5.74, 6) is 1.94. The monoisotopic (exact) mass is 257 g/mol. The van der Waals surface area contributed by atoms with E-state index in [1.54, 1.807) is 7.11 Å². The largest absolute Gasteiger partial charge is 0.496 e. The quantitative estimate of drug-likeness (QED) is 0.896. The molecular weight excluding hydrogens is 238 g/mol. The van der Waals surface area contributed by atoms with Gasteiger partial charge in [0.1, 0.15) is 11.6 Å². The molecule has 1 aromatic heterocycles. The van der Waals surface area contributed by atoms with Crippen LogP contribution in [-0.4, -0.2) is 31.2 Å². The number of ether oxygens (including phenoxy) is 1. The highest BCUT2D eigenvalue weighted by Gasteiger charge is 2.19. The van der Waals surface area contributed by atoms with Gasteiger partial charge in [0.25, 0.3) is 0 Å². The van der Waals surface area contributed by atoms with Crippen LogP contribution in [0.4, 0.5) is 5.82 Å². The van der Waals surface area contributed by atoms with Gasteiger partial charge in [0, 0.05) is 36.1 Å². The van der Waals surface area contributed by atoms with Gasteiger partial charge in [-0.25, -0.2) is 4.98 Å². The molecule has 0 bridgehead atoms. The predicted molar refractivity (Wildman–Crippen MR) is 77.7 cm³/mol. The maximum Gasteiger partial charge on any atom is 0.136 e. The van der Waals surface area contributed by atoms with E-state index in [0.29, 0.717) is 6.04 Å². The van der Waals surface area contributed by atoms with Crippen LogP contribution < -0.4 is 15.4 Å². The second-order valence-electron chi connectivity index (χ2n) is 5.01. The van der Waals surface area contributed by atoms with E-state index < -0.39 is 0 Å². The minimum Gasteiger partial charge on any atom is -0.496 e. The Kier molecular flexibility index (Phi) is 3.25. The Labute approximate surface area is 113 Å². The Morgan fingerprint density at radius 2 is 2.00 bits per heavy atom. The predicted octanol–water partition coefficient (Wildman–Crippen LogP) is 2.17. The highest BCUT2D eigenvalue weighted by atomic mass is 16.5. The van der Waals surface area contributed by atoms with Crippen LogP contribution in [0.15, 0.2) is 30.5 Å². The minimum absolute atomic E-state index is 0.334. The number of fused-ring (bicyclic) bond motifs is 1. The van der Waals surface area contributed by atoms with Gasteiger partial charge in [-0.1, -0.05) is 12.1 Å². The number of hydrogen-bond donors (Lipinski definition) is 1. The third kappa shape index (κ3) is 2.24. The van der Waals surface area contributed by atoms with Gasteiger partial charge in [-0.05, 0) is 25.0 Å². The summed E-state index contributed by atoms with van der Waals surface area (Å²) in [5.41, 5.74) is 5.97.